The Labute approximate surface area is 137 Å². The average Bonchev–Trinajstić information content (AvgIpc) is 2.86. The zero-order chi connectivity index (χ0) is 15.2. The predicted molar refractivity (Wildman–Crippen MR) is 91.3 cm³/mol. The number of H-pyrrole nitrogens is 1. The summed E-state index contributed by atoms with van der Waals surface area (Å²) in [6.45, 7) is 4.91. The van der Waals surface area contributed by atoms with E-state index in [1.54, 1.807) is 0 Å². The van der Waals surface area contributed by atoms with Gasteiger partial charge < -0.3 is 20.8 Å². The van der Waals surface area contributed by atoms with Gasteiger partial charge >= 0.3 is 0 Å². The van der Waals surface area contributed by atoms with Crippen LogP contribution in [0.1, 0.15) is 19.4 Å². The van der Waals surface area contributed by atoms with Crippen LogP contribution < -0.4 is 11.1 Å². The zero-order valence-corrected chi connectivity index (χ0v) is 13.8. The van der Waals surface area contributed by atoms with Gasteiger partial charge in [0.05, 0.1) is 18.8 Å². The highest BCUT2D eigenvalue weighted by Gasteiger charge is 2.15. The van der Waals surface area contributed by atoms with Gasteiger partial charge in [0.25, 0.3) is 0 Å². The quantitative estimate of drug-likeness (QED) is 0.681. The first kappa shape index (κ1) is 18.5. The van der Waals surface area contributed by atoms with E-state index in [2.05, 4.69) is 10.3 Å². The summed E-state index contributed by atoms with van der Waals surface area (Å²) < 4.78 is 5.37. The second-order valence-electron chi connectivity index (χ2n) is 5.38. The van der Waals surface area contributed by atoms with E-state index in [0.29, 0.717) is 19.6 Å². The molecule has 1 heterocycles. The van der Waals surface area contributed by atoms with Crippen molar-refractivity contribution in [2.24, 2.45) is 5.73 Å². The lowest BCUT2D eigenvalue weighted by Crippen LogP contribution is -2.43. The molecule has 0 bridgehead atoms. The lowest BCUT2D eigenvalue weighted by molar-refractivity contribution is -0.122. The molecule has 1 amide bonds. The number of benzene rings is 1. The Morgan fingerprint density at radius 3 is 2.82 bits per heavy atom. The Bertz CT molecular complexity index is 598. The van der Waals surface area contributed by atoms with Gasteiger partial charge in [-0.15, -0.1) is 12.4 Å². The first-order chi connectivity index (χ1) is 10.1. The van der Waals surface area contributed by atoms with Gasteiger partial charge in [0.1, 0.15) is 0 Å². The molecule has 0 spiro atoms. The Morgan fingerprint density at radius 2 is 2.09 bits per heavy atom. The van der Waals surface area contributed by atoms with Crippen molar-refractivity contribution in [3.63, 3.8) is 0 Å². The number of amides is 1. The predicted octanol–water partition coefficient (Wildman–Crippen LogP) is 2.00. The molecule has 0 aliphatic carbocycles. The third-order valence-corrected chi connectivity index (χ3v) is 3.30. The average molecular weight is 326 g/mol. The number of nitrogens with two attached hydrogens (primary N) is 1. The standard InChI is InChI=1S/C16H23N3O2.ClH/c1-11(2)21-8-7-18-16(20)14(17)9-12-10-19-15-6-4-3-5-13(12)15;/h3-6,10-11,14,19H,7-9,17H2,1-2H3,(H,18,20);1H/t14-;/m0./s1. The molecule has 122 valence electrons. The Morgan fingerprint density at radius 1 is 1.36 bits per heavy atom. The van der Waals surface area contributed by atoms with E-state index < -0.39 is 6.04 Å². The summed E-state index contributed by atoms with van der Waals surface area (Å²) >= 11 is 0. The van der Waals surface area contributed by atoms with Gasteiger partial charge in [0.15, 0.2) is 0 Å². The van der Waals surface area contributed by atoms with Crippen LogP contribution in [0.25, 0.3) is 10.9 Å². The lowest BCUT2D eigenvalue weighted by atomic mass is 10.1. The molecule has 0 saturated heterocycles. The molecule has 0 radical (unpaired) electrons. The van der Waals surface area contributed by atoms with Crippen LogP contribution in [-0.2, 0) is 16.0 Å². The number of hydrogen-bond acceptors (Lipinski definition) is 3. The lowest BCUT2D eigenvalue weighted by Gasteiger charge is -2.13. The van der Waals surface area contributed by atoms with Gasteiger partial charge in [0.2, 0.25) is 5.91 Å². The molecule has 1 aromatic heterocycles. The maximum Gasteiger partial charge on any atom is 0.237 e. The first-order valence-electron chi connectivity index (χ1n) is 7.28. The minimum Gasteiger partial charge on any atom is -0.377 e. The zero-order valence-electron chi connectivity index (χ0n) is 13.0. The van der Waals surface area contributed by atoms with Gasteiger partial charge in [-0.1, -0.05) is 18.2 Å². The molecule has 0 aliphatic rings. The molecule has 0 aliphatic heterocycles. The summed E-state index contributed by atoms with van der Waals surface area (Å²) in [6, 6.07) is 7.44. The van der Waals surface area contributed by atoms with E-state index in [0.717, 1.165) is 16.5 Å². The first-order valence-corrected chi connectivity index (χ1v) is 7.28. The molecule has 22 heavy (non-hydrogen) atoms. The number of hydrogen-bond donors (Lipinski definition) is 3. The van der Waals surface area contributed by atoms with E-state index in [1.807, 2.05) is 44.3 Å². The molecule has 1 atom stereocenters. The van der Waals surface area contributed by atoms with Gasteiger partial charge in [0, 0.05) is 23.6 Å². The number of carbonyl (C=O) groups excluding carboxylic acids is 1. The van der Waals surface area contributed by atoms with Crippen LogP contribution in [-0.4, -0.2) is 36.2 Å². The number of fused-ring (bicyclic) bond motifs is 1. The highest BCUT2D eigenvalue weighted by molar-refractivity contribution is 5.86. The summed E-state index contributed by atoms with van der Waals surface area (Å²) in [4.78, 5) is 15.1. The number of para-hydroxylation sites is 1. The van der Waals surface area contributed by atoms with Crippen molar-refractivity contribution in [3.8, 4) is 0 Å². The topological polar surface area (TPSA) is 80.1 Å². The van der Waals surface area contributed by atoms with Crippen LogP contribution in [0.15, 0.2) is 30.5 Å². The molecule has 4 N–H and O–H groups in total. The molecule has 1 aromatic carbocycles. The highest BCUT2D eigenvalue weighted by Crippen LogP contribution is 2.18. The van der Waals surface area contributed by atoms with Gasteiger partial charge in [-0.05, 0) is 31.9 Å². The molecule has 2 aromatic rings. The van der Waals surface area contributed by atoms with E-state index in [4.69, 9.17) is 10.5 Å². The van der Waals surface area contributed by atoms with E-state index in [-0.39, 0.29) is 24.4 Å². The highest BCUT2D eigenvalue weighted by atomic mass is 35.5. The Hall–Kier alpha value is -1.56. The molecule has 5 nitrogen and oxygen atoms in total. The Kier molecular flexibility index (Phi) is 7.38. The van der Waals surface area contributed by atoms with Crippen molar-refractivity contribution in [2.75, 3.05) is 13.2 Å². The van der Waals surface area contributed by atoms with Crippen molar-refractivity contribution in [3.05, 3.63) is 36.0 Å². The van der Waals surface area contributed by atoms with Gasteiger partial charge in [-0.3, -0.25) is 4.79 Å². The summed E-state index contributed by atoms with van der Waals surface area (Å²) in [6.07, 6.45) is 2.60. The van der Waals surface area contributed by atoms with Crippen molar-refractivity contribution in [1.82, 2.24) is 10.3 Å². The molecule has 6 heteroatoms. The van der Waals surface area contributed by atoms with Crippen LogP contribution in [0, 0.1) is 0 Å². The third-order valence-electron chi connectivity index (χ3n) is 3.30. The maximum atomic E-state index is 11.9. The number of carbonyl (C=O) groups is 1. The van der Waals surface area contributed by atoms with E-state index in [9.17, 15) is 4.79 Å². The van der Waals surface area contributed by atoms with Gasteiger partial charge in [-0.25, -0.2) is 0 Å². The summed E-state index contributed by atoms with van der Waals surface area (Å²) in [7, 11) is 0. The van der Waals surface area contributed by atoms with Gasteiger partial charge in [-0.2, -0.15) is 0 Å². The molecule has 0 fully saturated rings. The number of nitrogens with one attached hydrogen (secondary N) is 2. The van der Waals surface area contributed by atoms with Crippen LogP contribution in [0.3, 0.4) is 0 Å². The fraction of sp³-hybridized carbons (Fsp3) is 0.438. The molecule has 2 rings (SSSR count). The summed E-state index contributed by atoms with van der Waals surface area (Å²) in [5, 5.41) is 3.91. The van der Waals surface area contributed by atoms with Crippen molar-refractivity contribution < 1.29 is 9.53 Å². The summed E-state index contributed by atoms with van der Waals surface area (Å²) in [5.41, 5.74) is 8.10. The number of aromatic amines is 1. The normalized spacial score (nSPS) is 12.2. The monoisotopic (exact) mass is 325 g/mol. The minimum atomic E-state index is -0.553. The van der Waals surface area contributed by atoms with Crippen molar-refractivity contribution >= 4 is 29.2 Å². The number of halogens is 1. The summed E-state index contributed by atoms with van der Waals surface area (Å²) in [5.74, 6) is -0.146. The molecular formula is C16H24ClN3O2. The fourth-order valence-corrected chi connectivity index (χ4v) is 2.23. The molecule has 0 saturated carbocycles. The number of aromatic nitrogens is 1. The maximum absolute atomic E-state index is 11.9. The van der Waals surface area contributed by atoms with Crippen LogP contribution >= 0.6 is 12.4 Å². The second kappa shape index (κ2) is 8.78. The van der Waals surface area contributed by atoms with E-state index in [1.165, 1.54) is 0 Å². The Balaban J connectivity index is 0.00000242. The van der Waals surface area contributed by atoms with Crippen molar-refractivity contribution in [1.29, 1.82) is 0 Å². The minimum absolute atomic E-state index is 0. The van der Waals surface area contributed by atoms with Crippen LogP contribution in [0.4, 0.5) is 0 Å². The number of ether oxygens (including phenoxy) is 1. The fourth-order valence-electron chi connectivity index (χ4n) is 2.23. The molecule has 0 unspecified atom stereocenters. The SMILES string of the molecule is CC(C)OCCNC(=O)[C@@H](N)Cc1c[nH]c2ccccc12.Cl. The van der Waals surface area contributed by atoms with Crippen LogP contribution in [0.5, 0.6) is 0 Å². The van der Waals surface area contributed by atoms with Crippen LogP contribution in [0.2, 0.25) is 0 Å². The molecular weight excluding hydrogens is 302 g/mol. The smallest absolute Gasteiger partial charge is 0.237 e. The number of rotatable bonds is 7. The van der Waals surface area contributed by atoms with Crippen molar-refractivity contribution in [2.45, 2.75) is 32.4 Å². The van der Waals surface area contributed by atoms with E-state index >= 15 is 0 Å². The largest absolute Gasteiger partial charge is 0.377 e. The second-order valence-corrected chi connectivity index (χ2v) is 5.38. The third kappa shape index (κ3) is 5.02.